The van der Waals surface area contributed by atoms with Crippen LogP contribution in [0, 0.1) is 34.1 Å². The van der Waals surface area contributed by atoms with E-state index in [1.54, 1.807) is 19.1 Å². The van der Waals surface area contributed by atoms with Gasteiger partial charge in [-0.05, 0) is 29.8 Å². The molecule has 8 nitrogen and oxygen atoms in total. The van der Waals surface area contributed by atoms with Crippen molar-refractivity contribution in [3.63, 3.8) is 0 Å². The monoisotopic (exact) mass is 262 g/mol. The smallest absolute Gasteiger partial charge is 0.358 e. The maximum Gasteiger partial charge on any atom is 0.420 e. The summed E-state index contributed by atoms with van der Waals surface area (Å²) in [4.78, 5) is 20.1. The summed E-state index contributed by atoms with van der Waals surface area (Å²) < 4.78 is 0.979. The molecule has 2 aromatic rings. The van der Waals surface area contributed by atoms with Gasteiger partial charge in [-0.3, -0.25) is 0 Å². The van der Waals surface area contributed by atoms with Gasteiger partial charge < -0.3 is 20.2 Å². The Balaban J connectivity index is 2.66. The molecule has 2 rings (SSSR count). The van der Waals surface area contributed by atoms with Crippen LogP contribution in [0.15, 0.2) is 24.3 Å². The molecule has 98 valence electrons. The molecule has 1 aromatic carbocycles. The van der Waals surface area contributed by atoms with Crippen LogP contribution in [-0.2, 0) is 0 Å². The van der Waals surface area contributed by atoms with Crippen LogP contribution in [0.3, 0.4) is 0 Å². The quantitative estimate of drug-likeness (QED) is 0.623. The number of benzene rings is 1. The molecule has 0 fully saturated rings. The van der Waals surface area contributed by atoms with Crippen molar-refractivity contribution in [1.29, 1.82) is 0 Å². The van der Waals surface area contributed by atoms with E-state index >= 15 is 0 Å². The van der Waals surface area contributed by atoms with Crippen LogP contribution in [0.2, 0.25) is 0 Å². The number of hydrogen-bond donors (Lipinski definition) is 0. The first-order valence-corrected chi connectivity index (χ1v) is 5.36. The lowest BCUT2D eigenvalue weighted by atomic mass is 10.1. The maximum absolute atomic E-state index is 10.9. The molecule has 0 aliphatic rings. The highest BCUT2D eigenvalue weighted by molar-refractivity contribution is 5.48. The summed E-state index contributed by atoms with van der Waals surface area (Å²) in [6.45, 7) is 3.65. The van der Waals surface area contributed by atoms with Crippen LogP contribution >= 0.6 is 0 Å². The zero-order chi connectivity index (χ0) is 14.2. The van der Waals surface area contributed by atoms with Gasteiger partial charge in [0.2, 0.25) is 0 Å². The number of aromatic nitrogens is 2. The van der Waals surface area contributed by atoms with Gasteiger partial charge in [-0.1, -0.05) is 17.7 Å². The first kappa shape index (κ1) is 12.7. The van der Waals surface area contributed by atoms with Gasteiger partial charge in [-0.15, -0.1) is 0 Å². The van der Waals surface area contributed by atoms with E-state index in [0.717, 1.165) is 21.9 Å². The molecule has 0 saturated carbocycles. The average molecular weight is 262 g/mol. The normalized spacial score (nSPS) is 10.4. The number of rotatable bonds is 3. The van der Waals surface area contributed by atoms with Crippen molar-refractivity contribution in [1.82, 2.24) is 9.78 Å². The minimum atomic E-state index is -0.757. The molecule has 0 unspecified atom stereocenters. The molecule has 1 aromatic heterocycles. The molecule has 0 N–H and O–H groups in total. The first-order chi connectivity index (χ1) is 8.90. The number of nitrogens with zero attached hydrogens (tertiary/aromatic N) is 4. The third kappa shape index (κ3) is 2.28. The molecule has 1 heterocycles. The van der Waals surface area contributed by atoms with Crippen molar-refractivity contribution in [2.75, 3.05) is 0 Å². The highest BCUT2D eigenvalue weighted by Gasteiger charge is 2.30. The van der Waals surface area contributed by atoms with Crippen molar-refractivity contribution in [3.05, 3.63) is 55.6 Å². The van der Waals surface area contributed by atoms with Crippen molar-refractivity contribution >= 4 is 11.6 Å². The second-order valence-electron chi connectivity index (χ2n) is 4.08. The molecule has 0 aliphatic carbocycles. The van der Waals surface area contributed by atoms with Gasteiger partial charge >= 0.3 is 11.6 Å². The second kappa shape index (κ2) is 4.48. The highest BCUT2D eigenvalue weighted by atomic mass is 16.6. The van der Waals surface area contributed by atoms with Crippen LogP contribution in [0.5, 0.6) is 0 Å². The summed E-state index contributed by atoms with van der Waals surface area (Å²) in [6.07, 6.45) is 0. The lowest BCUT2D eigenvalue weighted by Gasteiger charge is -2.00. The minimum Gasteiger partial charge on any atom is -0.358 e. The molecular formula is C11H10N4O4. The number of aryl methyl sites for hydroxylation is 2. The zero-order valence-corrected chi connectivity index (χ0v) is 10.2. The van der Waals surface area contributed by atoms with E-state index in [1.807, 2.05) is 13.0 Å². The molecule has 0 spiro atoms. The molecule has 0 radical (unpaired) electrons. The van der Waals surface area contributed by atoms with Crippen LogP contribution in [0.1, 0.15) is 11.1 Å². The fourth-order valence-electron chi connectivity index (χ4n) is 1.80. The fourth-order valence-corrected chi connectivity index (χ4v) is 1.80. The summed E-state index contributed by atoms with van der Waals surface area (Å²) in [5.74, 6) is -0.981. The third-order valence-corrected chi connectivity index (χ3v) is 2.63. The van der Waals surface area contributed by atoms with E-state index in [4.69, 9.17) is 0 Å². The van der Waals surface area contributed by atoms with Gasteiger partial charge in [0, 0.05) is 10.2 Å². The van der Waals surface area contributed by atoms with E-state index in [-0.39, 0.29) is 0 Å². The van der Waals surface area contributed by atoms with E-state index < -0.39 is 21.5 Å². The second-order valence-corrected chi connectivity index (χ2v) is 4.08. The van der Waals surface area contributed by atoms with Crippen LogP contribution in [0.25, 0.3) is 5.69 Å². The molecule has 8 heteroatoms. The number of nitro groups is 2. The summed E-state index contributed by atoms with van der Waals surface area (Å²) in [6, 6.07) is 6.08. The number of hydrogen-bond acceptors (Lipinski definition) is 5. The summed E-state index contributed by atoms with van der Waals surface area (Å²) in [7, 11) is 0. The van der Waals surface area contributed by atoms with Gasteiger partial charge in [0.15, 0.2) is 10.8 Å². The highest BCUT2D eigenvalue weighted by Crippen LogP contribution is 2.25. The van der Waals surface area contributed by atoms with Gasteiger partial charge in [0.05, 0.1) is 0 Å². The van der Waals surface area contributed by atoms with E-state index in [0.29, 0.717) is 5.69 Å². The predicted octanol–water partition coefficient (Wildman–Crippen LogP) is 2.31. The van der Waals surface area contributed by atoms with E-state index in [2.05, 4.69) is 5.10 Å². The van der Waals surface area contributed by atoms with Gasteiger partial charge in [0.1, 0.15) is 6.07 Å². The Morgan fingerprint density at radius 1 is 1.11 bits per heavy atom. The average Bonchev–Trinajstić information content (AvgIpc) is 2.73. The molecule has 0 saturated heterocycles. The minimum absolute atomic E-state index is 0.432. The van der Waals surface area contributed by atoms with Gasteiger partial charge in [0.25, 0.3) is 0 Å². The summed E-state index contributed by atoms with van der Waals surface area (Å²) >= 11 is 0. The van der Waals surface area contributed by atoms with Crippen molar-refractivity contribution in [2.45, 2.75) is 13.8 Å². The Hall–Kier alpha value is -2.77. The Morgan fingerprint density at radius 3 is 2.32 bits per heavy atom. The van der Waals surface area contributed by atoms with Crippen LogP contribution in [-0.4, -0.2) is 19.6 Å². The Bertz CT molecular complexity index is 677. The predicted molar refractivity (Wildman–Crippen MR) is 66.3 cm³/mol. The topological polar surface area (TPSA) is 104 Å². The van der Waals surface area contributed by atoms with Crippen LogP contribution < -0.4 is 0 Å². The maximum atomic E-state index is 10.9. The Morgan fingerprint density at radius 2 is 1.79 bits per heavy atom. The van der Waals surface area contributed by atoms with E-state index in [9.17, 15) is 20.2 Å². The zero-order valence-electron chi connectivity index (χ0n) is 10.2. The SMILES string of the molecule is Cc1ccc(-n2nc([N+](=O)[O-])cc2[N+](=O)[O-])c(C)c1. The van der Waals surface area contributed by atoms with Gasteiger partial charge in [-0.25, -0.2) is 0 Å². The Labute approximate surface area is 107 Å². The largest absolute Gasteiger partial charge is 0.420 e. The summed E-state index contributed by atoms with van der Waals surface area (Å²) in [5.41, 5.74) is 2.19. The first-order valence-electron chi connectivity index (χ1n) is 5.36. The Kier molecular flexibility index (Phi) is 2.99. The molecule has 0 amide bonds. The third-order valence-electron chi connectivity index (χ3n) is 2.63. The molecule has 19 heavy (non-hydrogen) atoms. The molecule has 0 atom stereocenters. The lowest BCUT2D eigenvalue weighted by Crippen LogP contribution is -2.04. The molecule has 0 bridgehead atoms. The standard InChI is InChI=1S/C11H10N4O4/c1-7-3-4-9(8(2)5-7)13-11(15(18)19)6-10(12-13)14(16)17/h3-6H,1-2H3. The molecular weight excluding hydrogens is 252 g/mol. The van der Waals surface area contributed by atoms with Crippen molar-refractivity contribution in [3.8, 4) is 5.69 Å². The van der Waals surface area contributed by atoms with Crippen molar-refractivity contribution < 1.29 is 9.85 Å². The van der Waals surface area contributed by atoms with E-state index in [1.165, 1.54) is 0 Å². The van der Waals surface area contributed by atoms with Gasteiger partial charge in [-0.2, -0.15) is 0 Å². The van der Waals surface area contributed by atoms with Crippen molar-refractivity contribution in [2.24, 2.45) is 0 Å². The fraction of sp³-hybridized carbons (Fsp3) is 0.182. The molecule has 0 aliphatic heterocycles. The summed E-state index contributed by atoms with van der Waals surface area (Å²) in [5, 5.41) is 25.3. The lowest BCUT2D eigenvalue weighted by molar-refractivity contribution is -0.394. The van der Waals surface area contributed by atoms with Crippen LogP contribution in [0.4, 0.5) is 11.6 Å².